The fourth-order valence-electron chi connectivity index (χ4n) is 1.55. The van der Waals surface area contributed by atoms with E-state index in [9.17, 15) is 14.9 Å². The van der Waals surface area contributed by atoms with Crippen molar-refractivity contribution < 1.29 is 19.6 Å². The third kappa shape index (κ3) is 3.67. The molecule has 0 bridgehead atoms. The van der Waals surface area contributed by atoms with Crippen LogP contribution < -0.4 is 4.74 Å². The fraction of sp³-hybridized carbons (Fsp3) is 0.0769. The molecule has 8 heteroatoms. The smallest absolute Gasteiger partial charge is 0.354 e. The lowest BCUT2D eigenvalue weighted by Gasteiger charge is -2.07. The molecule has 0 aliphatic heterocycles. The summed E-state index contributed by atoms with van der Waals surface area (Å²) in [5.41, 5.74) is 0.111. The van der Waals surface area contributed by atoms with Crippen LogP contribution in [-0.2, 0) is 6.61 Å². The predicted molar refractivity (Wildman–Crippen MR) is 73.6 cm³/mol. The van der Waals surface area contributed by atoms with Gasteiger partial charge < -0.3 is 9.84 Å². The maximum Gasteiger partial charge on any atom is 0.354 e. The van der Waals surface area contributed by atoms with Gasteiger partial charge in [-0.05, 0) is 18.2 Å². The number of carboxylic acids is 1. The number of aromatic carboxylic acids is 1. The van der Waals surface area contributed by atoms with Crippen molar-refractivity contribution in [3.63, 3.8) is 0 Å². The van der Waals surface area contributed by atoms with Gasteiger partial charge in [0.1, 0.15) is 18.1 Å². The molecule has 0 fully saturated rings. The van der Waals surface area contributed by atoms with Crippen LogP contribution in [0.15, 0.2) is 36.4 Å². The molecule has 0 saturated heterocycles. The average molecular weight is 309 g/mol. The number of aromatic nitrogens is 1. The number of hydrogen-bond donors (Lipinski definition) is 1. The average Bonchev–Trinajstić information content (AvgIpc) is 2.46. The summed E-state index contributed by atoms with van der Waals surface area (Å²) in [7, 11) is 0. The summed E-state index contributed by atoms with van der Waals surface area (Å²) in [5, 5.41) is 19.7. The van der Waals surface area contributed by atoms with Gasteiger partial charge in [0, 0.05) is 6.07 Å². The maximum absolute atomic E-state index is 10.8. The van der Waals surface area contributed by atoms with E-state index in [4.69, 9.17) is 21.4 Å². The van der Waals surface area contributed by atoms with Crippen LogP contribution in [0.2, 0.25) is 5.02 Å². The number of halogens is 1. The number of nitro groups is 1. The molecule has 0 spiro atoms. The first-order valence-corrected chi connectivity index (χ1v) is 6.11. The molecule has 108 valence electrons. The molecule has 0 radical (unpaired) electrons. The summed E-state index contributed by atoms with van der Waals surface area (Å²) in [6, 6.07) is 8.28. The maximum atomic E-state index is 10.8. The highest BCUT2D eigenvalue weighted by molar-refractivity contribution is 6.32. The van der Waals surface area contributed by atoms with E-state index in [-0.39, 0.29) is 28.8 Å². The van der Waals surface area contributed by atoms with Crippen molar-refractivity contribution in [3.05, 3.63) is 62.9 Å². The first-order chi connectivity index (χ1) is 9.97. The van der Waals surface area contributed by atoms with Crippen molar-refractivity contribution in [3.8, 4) is 5.75 Å². The van der Waals surface area contributed by atoms with E-state index in [1.54, 1.807) is 6.07 Å². The third-order valence-corrected chi connectivity index (χ3v) is 2.84. The summed E-state index contributed by atoms with van der Waals surface area (Å²) in [6.45, 7) is -0.0536. The summed E-state index contributed by atoms with van der Waals surface area (Å²) in [5.74, 6) is -1.02. The minimum Gasteiger partial charge on any atom is -0.485 e. The first kappa shape index (κ1) is 14.7. The van der Waals surface area contributed by atoms with Crippen LogP contribution in [0.4, 0.5) is 5.69 Å². The van der Waals surface area contributed by atoms with Crippen molar-refractivity contribution in [2.45, 2.75) is 6.61 Å². The minimum absolute atomic E-state index is 0.0536. The topological polar surface area (TPSA) is 103 Å². The molecule has 0 saturated carbocycles. The van der Waals surface area contributed by atoms with Gasteiger partial charge in [0.2, 0.25) is 0 Å². The molecule has 1 heterocycles. The van der Waals surface area contributed by atoms with Crippen LogP contribution in [0.25, 0.3) is 0 Å². The second kappa shape index (κ2) is 6.19. The molecule has 0 atom stereocenters. The Hall–Kier alpha value is -2.67. The molecule has 0 amide bonds. The second-order valence-corrected chi connectivity index (χ2v) is 4.39. The molecule has 1 aromatic heterocycles. The van der Waals surface area contributed by atoms with E-state index in [0.29, 0.717) is 5.69 Å². The van der Waals surface area contributed by atoms with Gasteiger partial charge in [-0.3, -0.25) is 10.1 Å². The van der Waals surface area contributed by atoms with Gasteiger partial charge in [-0.15, -0.1) is 0 Å². The van der Waals surface area contributed by atoms with Crippen molar-refractivity contribution >= 4 is 23.3 Å². The number of nitro benzene ring substituents is 1. The highest BCUT2D eigenvalue weighted by Crippen LogP contribution is 2.29. The van der Waals surface area contributed by atoms with E-state index in [1.165, 1.54) is 30.3 Å². The molecule has 0 aliphatic carbocycles. The van der Waals surface area contributed by atoms with Crippen LogP contribution in [0, 0.1) is 10.1 Å². The number of ether oxygens (including phenoxy) is 1. The fourth-order valence-corrected chi connectivity index (χ4v) is 1.72. The Labute approximate surface area is 123 Å². The SMILES string of the molecule is O=C(O)c1cccc(COc2cc([N+](=O)[O-])ccc2Cl)n1. The number of pyridine rings is 1. The molecule has 7 nitrogen and oxygen atoms in total. The van der Waals surface area contributed by atoms with Crippen molar-refractivity contribution in [1.82, 2.24) is 4.98 Å². The molecule has 0 aliphatic rings. The summed E-state index contributed by atoms with van der Waals surface area (Å²) in [4.78, 5) is 24.8. The summed E-state index contributed by atoms with van der Waals surface area (Å²) < 4.78 is 5.36. The van der Waals surface area contributed by atoms with Gasteiger partial charge in [-0.2, -0.15) is 0 Å². The number of carboxylic acid groups (broad SMARTS) is 1. The standard InChI is InChI=1S/C13H9ClN2O5/c14-10-5-4-9(16(19)20)6-12(10)21-7-8-2-1-3-11(15-8)13(17)18/h1-6H,7H2,(H,17,18). The Bertz CT molecular complexity index is 705. The first-order valence-electron chi connectivity index (χ1n) is 5.73. The molecule has 2 aromatic rings. The van der Waals surface area contributed by atoms with Crippen molar-refractivity contribution in [2.24, 2.45) is 0 Å². The van der Waals surface area contributed by atoms with Gasteiger partial charge in [-0.1, -0.05) is 17.7 Å². The van der Waals surface area contributed by atoms with Crippen molar-refractivity contribution in [2.75, 3.05) is 0 Å². The van der Waals surface area contributed by atoms with Crippen LogP contribution in [-0.4, -0.2) is 21.0 Å². The zero-order chi connectivity index (χ0) is 15.4. The lowest BCUT2D eigenvalue weighted by atomic mass is 10.3. The number of non-ortho nitro benzene ring substituents is 1. The Morgan fingerprint density at radius 2 is 2.14 bits per heavy atom. The zero-order valence-electron chi connectivity index (χ0n) is 10.5. The monoisotopic (exact) mass is 308 g/mol. The molecular formula is C13H9ClN2O5. The number of hydrogen-bond acceptors (Lipinski definition) is 5. The minimum atomic E-state index is -1.15. The molecule has 1 aromatic carbocycles. The van der Waals surface area contributed by atoms with Gasteiger partial charge in [0.05, 0.1) is 21.7 Å². The highest BCUT2D eigenvalue weighted by atomic mass is 35.5. The van der Waals surface area contributed by atoms with Gasteiger partial charge >= 0.3 is 5.97 Å². The number of carbonyl (C=O) groups is 1. The van der Waals surface area contributed by atoms with Crippen molar-refractivity contribution in [1.29, 1.82) is 0 Å². The van der Waals surface area contributed by atoms with Crippen LogP contribution in [0.1, 0.15) is 16.2 Å². The normalized spacial score (nSPS) is 10.1. The third-order valence-electron chi connectivity index (χ3n) is 2.53. The molecule has 1 N–H and O–H groups in total. The molecule has 0 unspecified atom stereocenters. The Morgan fingerprint density at radius 3 is 2.81 bits per heavy atom. The summed E-state index contributed by atoms with van der Waals surface area (Å²) >= 11 is 5.89. The van der Waals surface area contributed by atoms with Gasteiger partial charge in [0.15, 0.2) is 0 Å². The molecular weight excluding hydrogens is 300 g/mol. The van der Waals surface area contributed by atoms with Crippen LogP contribution in [0.3, 0.4) is 0 Å². The van der Waals surface area contributed by atoms with Crippen LogP contribution >= 0.6 is 11.6 Å². The summed E-state index contributed by atoms with van der Waals surface area (Å²) in [6.07, 6.45) is 0. The second-order valence-electron chi connectivity index (χ2n) is 3.98. The van der Waals surface area contributed by atoms with E-state index >= 15 is 0 Å². The predicted octanol–water partition coefficient (Wildman–Crippen LogP) is 2.92. The van der Waals surface area contributed by atoms with E-state index in [1.807, 2.05) is 0 Å². The van der Waals surface area contributed by atoms with Crippen LogP contribution in [0.5, 0.6) is 5.75 Å². The highest BCUT2D eigenvalue weighted by Gasteiger charge is 2.11. The van der Waals surface area contributed by atoms with E-state index in [0.717, 1.165) is 0 Å². The number of nitrogens with zero attached hydrogens (tertiary/aromatic N) is 2. The van der Waals surface area contributed by atoms with E-state index < -0.39 is 10.9 Å². The Kier molecular flexibility index (Phi) is 4.34. The number of rotatable bonds is 5. The molecule has 21 heavy (non-hydrogen) atoms. The lowest BCUT2D eigenvalue weighted by molar-refractivity contribution is -0.384. The van der Waals surface area contributed by atoms with Gasteiger partial charge in [0.25, 0.3) is 5.69 Å². The Balaban J connectivity index is 2.16. The lowest BCUT2D eigenvalue weighted by Crippen LogP contribution is -2.05. The molecule has 2 rings (SSSR count). The zero-order valence-corrected chi connectivity index (χ0v) is 11.3. The van der Waals surface area contributed by atoms with Gasteiger partial charge in [-0.25, -0.2) is 9.78 Å². The van der Waals surface area contributed by atoms with E-state index in [2.05, 4.69) is 4.98 Å². The quantitative estimate of drug-likeness (QED) is 0.673. The number of benzene rings is 1. The largest absolute Gasteiger partial charge is 0.485 e. The Morgan fingerprint density at radius 1 is 1.38 bits per heavy atom.